The number of benzene rings is 1. The number of hydrogen-bond acceptors (Lipinski definition) is 4. The van der Waals surface area contributed by atoms with Crippen molar-refractivity contribution in [2.75, 3.05) is 26.0 Å². The van der Waals surface area contributed by atoms with Crippen molar-refractivity contribution < 1.29 is 22.8 Å². The lowest BCUT2D eigenvalue weighted by Gasteiger charge is -2.26. The highest BCUT2D eigenvalue weighted by molar-refractivity contribution is 7.53. The average Bonchev–Trinajstić information content (AvgIpc) is 2.44. The molecule has 0 N–H and O–H groups in total. The van der Waals surface area contributed by atoms with Crippen LogP contribution in [-0.2, 0) is 13.6 Å². The maximum atomic E-state index is 13.2. The summed E-state index contributed by atoms with van der Waals surface area (Å²) in [6.45, 7) is 5.93. The number of rotatable bonds is 8. The Kier molecular flexibility index (Phi) is 7.02. The number of carbonyl (C=O) groups is 1. The molecule has 0 heterocycles. The van der Waals surface area contributed by atoms with Crippen LogP contribution < -0.4 is 0 Å². The topological polar surface area (TPSA) is 55.8 Å². The minimum Gasteiger partial charge on any atom is -0.327 e. The summed E-state index contributed by atoms with van der Waals surface area (Å²) in [5, 5.41) is 0. The van der Waals surface area contributed by atoms with Gasteiger partial charge in [0.2, 0.25) is 0 Å². The molecule has 5 nitrogen and oxygen atoms in total. The SMILES string of the molecule is CCOP(=O)(CN(CC)C(=O)c1cccc(F)c1)OCC. The Bertz CT molecular complexity index is 513. The second-order valence-electron chi connectivity index (χ2n) is 4.26. The van der Waals surface area contributed by atoms with Gasteiger partial charge in [0.05, 0.1) is 13.2 Å². The molecule has 21 heavy (non-hydrogen) atoms. The van der Waals surface area contributed by atoms with Crippen LogP contribution in [0.4, 0.5) is 4.39 Å². The van der Waals surface area contributed by atoms with Gasteiger partial charge >= 0.3 is 7.60 Å². The van der Waals surface area contributed by atoms with Crippen molar-refractivity contribution in [2.24, 2.45) is 0 Å². The van der Waals surface area contributed by atoms with Gasteiger partial charge in [0.1, 0.15) is 12.1 Å². The first-order valence-corrected chi connectivity index (χ1v) is 8.61. The smallest absolute Gasteiger partial charge is 0.327 e. The second kappa shape index (κ2) is 8.27. The van der Waals surface area contributed by atoms with E-state index >= 15 is 0 Å². The summed E-state index contributed by atoms with van der Waals surface area (Å²) >= 11 is 0. The molecule has 0 atom stereocenters. The molecular weight excluding hydrogens is 296 g/mol. The Morgan fingerprint density at radius 1 is 1.24 bits per heavy atom. The minimum absolute atomic E-state index is 0.152. The number of hydrogen-bond donors (Lipinski definition) is 0. The van der Waals surface area contributed by atoms with E-state index in [0.717, 1.165) is 6.07 Å². The second-order valence-corrected chi connectivity index (χ2v) is 6.28. The highest BCUT2D eigenvalue weighted by Crippen LogP contribution is 2.48. The summed E-state index contributed by atoms with van der Waals surface area (Å²) in [7, 11) is -3.37. The molecule has 1 amide bonds. The largest absolute Gasteiger partial charge is 0.349 e. The molecule has 0 aliphatic rings. The molecule has 0 aliphatic heterocycles. The minimum atomic E-state index is -3.37. The monoisotopic (exact) mass is 317 g/mol. The molecule has 7 heteroatoms. The molecule has 0 radical (unpaired) electrons. The van der Waals surface area contributed by atoms with Crippen molar-refractivity contribution in [3.05, 3.63) is 35.6 Å². The van der Waals surface area contributed by atoms with Crippen LogP contribution in [0.3, 0.4) is 0 Å². The third-order valence-corrected chi connectivity index (χ3v) is 4.73. The van der Waals surface area contributed by atoms with E-state index in [1.807, 2.05) is 0 Å². The van der Waals surface area contributed by atoms with Crippen molar-refractivity contribution >= 4 is 13.5 Å². The Labute approximate surface area is 124 Å². The summed E-state index contributed by atoms with van der Waals surface area (Å²) in [5.41, 5.74) is 0.205. The van der Waals surface area contributed by atoms with E-state index < -0.39 is 19.3 Å². The lowest BCUT2D eigenvalue weighted by Crippen LogP contribution is -2.32. The number of nitrogens with zero attached hydrogens (tertiary/aromatic N) is 1. The van der Waals surface area contributed by atoms with Crippen LogP contribution in [0.2, 0.25) is 0 Å². The lowest BCUT2D eigenvalue weighted by molar-refractivity contribution is 0.0771. The van der Waals surface area contributed by atoms with E-state index in [9.17, 15) is 13.8 Å². The van der Waals surface area contributed by atoms with Crippen LogP contribution >= 0.6 is 7.60 Å². The van der Waals surface area contributed by atoms with Crippen LogP contribution in [0.5, 0.6) is 0 Å². The van der Waals surface area contributed by atoms with E-state index in [4.69, 9.17) is 9.05 Å². The molecule has 0 bridgehead atoms. The Balaban J connectivity index is 2.91. The summed E-state index contributed by atoms with van der Waals surface area (Å²) in [6, 6.07) is 5.39. The van der Waals surface area contributed by atoms with E-state index in [1.54, 1.807) is 20.8 Å². The van der Waals surface area contributed by atoms with Crippen molar-refractivity contribution in [2.45, 2.75) is 20.8 Å². The molecular formula is C14H21FNO4P. The predicted molar refractivity (Wildman–Crippen MR) is 78.8 cm³/mol. The molecule has 1 aromatic rings. The van der Waals surface area contributed by atoms with E-state index in [2.05, 4.69) is 0 Å². The van der Waals surface area contributed by atoms with E-state index in [-0.39, 0.29) is 25.1 Å². The van der Waals surface area contributed by atoms with E-state index in [1.165, 1.54) is 23.1 Å². The van der Waals surface area contributed by atoms with Crippen molar-refractivity contribution in [3.63, 3.8) is 0 Å². The molecule has 0 spiro atoms. The number of amides is 1. The molecule has 0 unspecified atom stereocenters. The summed E-state index contributed by atoms with van der Waals surface area (Å²) < 4.78 is 36.0. The van der Waals surface area contributed by atoms with Crippen LogP contribution in [0.1, 0.15) is 31.1 Å². The summed E-state index contributed by atoms with van der Waals surface area (Å²) in [4.78, 5) is 13.7. The fraction of sp³-hybridized carbons (Fsp3) is 0.500. The lowest BCUT2D eigenvalue weighted by atomic mass is 10.2. The molecule has 118 valence electrons. The summed E-state index contributed by atoms with van der Waals surface area (Å²) in [6.07, 6.45) is -0.152. The standard InChI is InChI=1S/C14H21FNO4P/c1-4-16(11-21(18,19-5-2)20-6-3)14(17)12-8-7-9-13(15)10-12/h7-10H,4-6,11H2,1-3H3. The highest BCUT2D eigenvalue weighted by atomic mass is 31.2. The first kappa shape index (κ1) is 17.8. The van der Waals surface area contributed by atoms with E-state index in [0.29, 0.717) is 6.54 Å². The zero-order valence-corrected chi connectivity index (χ0v) is 13.4. The van der Waals surface area contributed by atoms with Gasteiger partial charge in [-0.05, 0) is 39.0 Å². The summed E-state index contributed by atoms with van der Waals surface area (Å²) in [5.74, 6) is -0.897. The fourth-order valence-corrected chi connectivity index (χ4v) is 3.60. The number of halogens is 1. The van der Waals surface area contributed by atoms with Gasteiger partial charge in [0.25, 0.3) is 5.91 Å². The van der Waals surface area contributed by atoms with Gasteiger partial charge in [-0.1, -0.05) is 6.07 Å². The van der Waals surface area contributed by atoms with Crippen LogP contribution in [0, 0.1) is 5.82 Å². The Morgan fingerprint density at radius 3 is 2.33 bits per heavy atom. The van der Waals surface area contributed by atoms with Crippen molar-refractivity contribution in [3.8, 4) is 0 Å². The molecule has 0 fully saturated rings. The Hall–Kier alpha value is -1.23. The molecule has 1 rings (SSSR count). The average molecular weight is 317 g/mol. The third-order valence-electron chi connectivity index (χ3n) is 2.74. The highest BCUT2D eigenvalue weighted by Gasteiger charge is 2.29. The first-order valence-electron chi connectivity index (χ1n) is 6.88. The normalized spacial score (nSPS) is 11.4. The molecule has 0 aliphatic carbocycles. The molecule has 0 saturated carbocycles. The molecule has 1 aromatic carbocycles. The zero-order valence-electron chi connectivity index (χ0n) is 12.5. The molecule has 0 saturated heterocycles. The van der Waals surface area contributed by atoms with Gasteiger partial charge in [-0.25, -0.2) is 4.39 Å². The van der Waals surface area contributed by atoms with Gasteiger partial charge in [0, 0.05) is 12.1 Å². The van der Waals surface area contributed by atoms with Gasteiger partial charge in [-0.3, -0.25) is 9.36 Å². The van der Waals surface area contributed by atoms with Crippen LogP contribution in [0.25, 0.3) is 0 Å². The quantitative estimate of drug-likeness (QED) is 0.689. The predicted octanol–water partition coefficient (Wildman–Crippen LogP) is 3.51. The van der Waals surface area contributed by atoms with Crippen molar-refractivity contribution in [1.82, 2.24) is 4.90 Å². The van der Waals surface area contributed by atoms with Crippen LogP contribution in [0.15, 0.2) is 24.3 Å². The van der Waals surface area contributed by atoms with Gasteiger partial charge in [0.15, 0.2) is 0 Å². The van der Waals surface area contributed by atoms with Gasteiger partial charge < -0.3 is 13.9 Å². The number of carbonyl (C=O) groups excluding carboxylic acids is 1. The molecule has 0 aromatic heterocycles. The van der Waals surface area contributed by atoms with Crippen LogP contribution in [-0.4, -0.2) is 36.9 Å². The maximum absolute atomic E-state index is 13.2. The third kappa shape index (κ3) is 5.23. The first-order chi connectivity index (χ1) is 9.95. The zero-order chi connectivity index (χ0) is 15.9. The fourth-order valence-electron chi connectivity index (χ4n) is 1.83. The van der Waals surface area contributed by atoms with Gasteiger partial charge in [-0.2, -0.15) is 0 Å². The maximum Gasteiger partial charge on any atom is 0.349 e. The van der Waals surface area contributed by atoms with Crippen molar-refractivity contribution in [1.29, 1.82) is 0 Å². The van der Waals surface area contributed by atoms with Gasteiger partial charge in [-0.15, -0.1) is 0 Å². The Morgan fingerprint density at radius 2 is 1.86 bits per heavy atom.